The maximum atomic E-state index is 12.9. The molecule has 0 unspecified atom stereocenters. The van der Waals surface area contributed by atoms with Crippen LogP contribution in [0.5, 0.6) is 11.5 Å². The number of rotatable bonds is 11. The summed E-state index contributed by atoms with van der Waals surface area (Å²) in [6.45, 7) is 6.08. The van der Waals surface area contributed by atoms with Crippen LogP contribution < -0.4 is 14.2 Å². The monoisotopic (exact) mass is 483 g/mol. The Kier molecular flexibility index (Phi) is 8.17. The third-order valence-corrected chi connectivity index (χ3v) is 6.86. The number of anilines is 1. The summed E-state index contributed by atoms with van der Waals surface area (Å²) in [6.07, 6.45) is 0.432. The summed E-state index contributed by atoms with van der Waals surface area (Å²) in [5.74, 6) is 0.361. The van der Waals surface area contributed by atoms with Gasteiger partial charge in [0.05, 0.1) is 4.90 Å². The van der Waals surface area contributed by atoms with Crippen molar-refractivity contribution in [2.24, 2.45) is 0 Å². The lowest BCUT2D eigenvalue weighted by Crippen LogP contribution is -2.16. The first-order chi connectivity index (χ1) is 16.2. The minimum atomic E-state index is -3.72. The highest BCUT2D eigenvalue weighted by Gasteiger charge is 2.20. The number of carboxylic acid groups (broad SMARTS) is 1. The van der Waals surface area contributed by atoms with Gasteiger partial charge in [-0.3, -0.25) is 9.52 Å². The topological polar surface area (TPSA) is 102 Å². The molecule has 0 saturated heterocycles. The van der Waals surface area contributed by atoms with Crippen LogP contribution in [-0.4, -0.2) is 32.7 Å². The number of hydrogen-bond acceptors (Lipinski definition) is 5. The lowest BCUT2D eigenvalue weighted by Gasteiger charge is -2.14. The maximum absolute atomic E-state index is 12.9. The maximum Gasteiger partial charge on any atom is 0.303 e. The molecule has 34 heavy (non-hydrogen) atoms. The molecule has 8 heteroatoms. The normalized spacial score (nSPS) is 11.1. The van der Waals surface area contributed by atoms with Gasteiger partial charge in [-0.05, 0) is 74.2 Å². The first kappa shape index (κ1) is 25.1. The Morgan fingerprint density at radius 1 is 0.912 bits per heavy atom. The molecule has 3 aromatic carbocycles. The second kappa shape index (κ2) is 11.1. The molecule has 0 bridgehead atoms. The Bertz CT molecular complexity index is 1230. The zero-order chi connectivity index (χ0) is 24.7. The summed E-state index contributed by atoms with van der Waals surface area (Å²) < 4.78 is 39.9. The predicted octanol–water partition coefficient (Wildman–Crippen LogP) is 4.89. The molecule has 0 saturated carbocycles. The van der Waals surface area contributed by atoms with E-state index in [1.807, 2.05) is 37.3 Å². The highest BCUT2D eigenvalue weighted by molar-refractivity contribution is 7.92. The van der Waals surface area contributed by atoms with Crippen molar-refractivity contribution in [3.63, 3.8) is 0 Å². The third-order valence-electron chi connectivity index (χ3n) is 5.17. The highest BCUT2D eigenvalue weighted by atomic mass is 32.2. The molecule has 180 valence electrons. The molecule has 0 radical (unpaired) electrons. The fraction of sp³-hybridized carbons (Fsp3) is 0.269. The van der Waals surface area contributed by atoms with Gasteiger partial charge in [0.1, 0.15) is 24.7 Å². The van der Waals surface area contributed by atoms with Crippen molar-refractivity contribution in [1.29, 1.82) is 0 Å². The molecule has 0 fully saturated rings. The van der Waals surface area contributed by atoms with Crippen LogP contribution in [0.2, 0.25) is 0 Å². The van der Waals surface area contributed by atoms with Gasteiger partial charge < -0.3 is 14.6 Å². The molecule has 0 aliphatic carbocycles. The molecule has 3 rings (SSSR count). The van der Waals surface area contributed by atoms with Crippen LogP contribution in [0.25, 0.3) is 0 Å². The smallest absolute Gasteiger partial charge is 0.303 e. The summed E-state index contributed by atoms with van der Waals surface area (Å²) in [5.41, 5.74) is 3.70. The third kappa shape index (κ3) is 6.74. The molecule has 0 amide bonds. The molecule has 0 atom stereocenters. The van der Waals surface area contributed by atoms with Crippen molar-refractivity contribution in [2.75, 3.05) is 17.9 Å². The summed E-state index contributed by atoms with van der Waals surface area (Å²) in [6, 6.07) is 17.7. The molecule has 0 aromatic heterocycles. The van der Waals surface area contributed by atoms with Gasteiger partial charge in [0.15, 0.2) is 0 Å². The number of nitrogens with one attached hydrogen (secondary N) is 1. The Labute approximate surface area is 200 Å². The van der Waals surface area contributed by atoms with Crippen LogP contribution in [0.1, 0.15) is 28.7 Å². The van der Waals surface area contributed by atoms with Crippen molar-refractivity contribution in [3.8, 4) is 11.5 Å². The number of carbonyl (C=O) groups is 1. The standard InChI is InChI=1S/C26H29NO6S/c1-18-16-19(2)26(20(3)17-18)34(30,31)27-22-9-11-23(12-10-22)32-14-15-33-24-7-5-4-6-21(24)8-13-25(28)29/h4-7,9-12,16-17,27H,8,13-15H2,1-3H3,(H,28,29). The van der Waals surface area contributed by atoms with E-state index in [9.17, 15) is 13.2 Å². The zero-order valence-corrected chi connectivity index (χ0v) is 20.3. The number of para-hydroxylation sites is 1. The van der Waals surface area contributed by atoms with Crippen LogP contribution in [0.3, 0.4) is 0 Å². The van der Waals surface area contributed by atoms with Crippen LogP contribution in [0.4, 0.5) is 5.69 Å². The van der Waals surface area contributed by atoms with E-state index in [1.54, 1.807) is 44.2 Å². The number of aryl methyl sites for hydroxylation is 4. The molecule has 3 aromatic rings. The van der Waals surface area contributed by atoms with Gasteiger partial charge in [-0.15, -0.1) is 0 Å². The number of carboxylic acids is 1. The van der Waals surface area contributed by atoms with Crippen LogP contribution in [0.15, 0.2) is 65.6 Å². The first-order valence-corrected chi connectivity index (χ1v) is 12.4. The van der Waals surface area contributed by atoms with E-state index in [2.05, 4.69) is 4.72 Å². The first-order valence-electron chi connectivity index (χ1n) is 10.9. The Hall–Kier alpha value is -3.52. The van der Waals surface area contributed by atoms with Gasteiger partial charge in [0.25, 0.3) is 10.0 Å². The molecule has 2 N–H and O–H groups in total. The van der Waals surface area contributed by atoms with Crippen molar-refractivity contribution >= 4 is 21.7 Å². The number of hydrogen-bond donors (Lipinski definition) is 2. The van der Waals surface area contributed by atoms with Crippen molar-refractivity contribution in [2.45, 2.75) is 38.5 Å². The quantitative estimate of drug-likeness (QED) is 0.377. The number of aliphatic carboxylic acids is 1. The van der Waals surface area contributed by atoms with Crippen molar-refractivity contribution in [3.05, 3.63) is 82.9 Å². The van der Waals surface area contributed by atoms with Gasteiger partial charge >= 0.3 is 5.97 Å². The SMILES string of the molecule is Cc1cc(C)c(S(=O)(=O)Nc2ccc(OCCOc3ccccc3CCC(=O)O)cc2)c(C)c1. The Morgan fingerprint density at radius 2 is 1.53 bits per heavy atom. The zero-order valence-electron chi connectivity index (χ0n) is 19.5. The summed E-state index contributed by atoms with van der Waals surface area (Å²) in [4.78, 5) is 11.1. The highest BCUT2D eigenvalue weighted by Crippen LogP contribution is 2.25. The van der Waals surface area contributed by atoms with E-state index < -0.39 is 16.0 Å². The van der Waals surface area contributed by atoms with E-state index in [0.29, 0.717) is 39.6 Å². The van der Waals surface area contributed by atoms with Crippen molar-refractivity contribution in [1.82, 2.24) is 0 Å². The fourth-order valence-corrected chi connectivity index (χ4v) is 5.33. The van der Waals surface area contributed by atoms with E-state index in [1.165, 1.54) is 0 Å². The summed E-state index contributed by atoms with van der Waals surface area (Å²) in [5, 5.41) is 8.88. The van der Waals surface area contributed by atoms with Crippen LogP contribution >= 0.6 is 0 Å². The average molecular weight is 484 g/mol. The Balaban J connectivity index is 1.55. The molecule has 0 heterocycles. The van der Waals surface area contributed by atoms with Crippen LogP contribution in [-0.2, 0) is 21.2 Å². The van der Waals surface area contributed by atoms with E-state index in [4.69, 9.17) is 14.6 Å². The van der Waals surface area contributed by atoms with E-state index >= 15 is 0 Å². The number of sulfonamides is 1. The van der Waals surface area contributed by atoms with Gasteiger partial charge in [-0.2, -0.15) is 0 Å². The average Bonchev–Trinajstić information content (AvgIpc) is 2.75. The van der Waals surface area contributed by atoms with Crippen molar-refractivity contribution < 1.29 is 27.8 Å². The molecular formula is C26H29NO6S. The summed E-state index contributed by atoms with van der Waals surface area (Å²) >= 11 is 0. The minimum absolute atomic E-state index is 0.0377. The minimum Gasteiger partial charge on any atom is -0.490 e. The fourth-order valence-electron chi connectivity index (χ4n) is 3.82. The Morgan fingerprint density at radius 3 is 2.18 bits per heavy atom. The second-order valence-electron chi connectivity index (χ2n) is 8.06. The largest absolute Gasteiger partial charge is 0.490 e. The number of benzene rings is 3. The van der Waals surface area contributed by atoms with Gasteiger partial charge in [-0.1, -0.05) is 35.9 Å². The molecule has 0 aliphatic heterocycles. The molecule has 0 spiro atoms. The second-order valence-corrected chi connectivity index (χ2v) is 9.68. The summed E-state index contributed by atoms with van der Waals surface area (Å²) in [7, 11) is -3.72. The number of ether oxygens (including phenoxy) is 2. The lowest BCUT2D eigenvalue weighted by molar-refractivity contribution is -0.136. The van der Waals surface area contributed by atoms with Gasteiger partial charge in [0.2, 0.25) is 0 Å². The molecule has 0 aliphatic rings. The van der Waals surface area contributed by atoms with E-state index in [-0.39, 0.29) is 19.6 Å². The lowest BCUT2D eigenvalue weighted by atomic mass is 10.1. The van der Waals surface area contributed by atoms with Gasteiger partial charge in [-0.25, -0.2) is 8.42 Å². The molecule has 7 nitrogen and oxygen atoms in total. The molecular weight excluding hydrogens is 454 g/mol. The van der Waals surface area contributed by atoms with Crippen LogP contribution in [0, 0.1) is 20.8 Å². The van der Waals surface area contributed by atoms with E-state index in [0.717, 1.165) is 11.1 Å². The van der Waals surface area contributed by atoms with Gasteiger partial charge in [0, 0.05) is 12.1 Å². The predicted molar refractivity (Wildman–Crippen MR) is 131 cm³/mol.